The van der Waals surface area contributed by atoms with Gasteiger partial charge < -0.3 is 15.0 Å². The van der Waals surface area contributed by atoms with Crippen LogP contribution >= 0.6 is 11.3 Å². The van der Waals surface area contributed by atoms with E-state index in [0.717, 1.165) is 25.9 Å². The molecule has 1 fully saturated rings. The lowest BCUT2D eigenvalue weighted by Crippen LogP contribution is -2.38. The SMILES string of the molecule is CCOC(=O)c1sc(NC(=O)C2CCN(c3ccccc3)CC2)nc1C. The topological polar surface area (TPSA) is 71.5 Å². The predicted octanol–water partition coefficient (Wildman–Crippen LogP) is 3.48. The van der Waals surface area contributed by atoms with Gasteiger partial charge in [0.1, 0.15) is 4.88 Å². The largest absolute Gasteiger partial charge is 0.462 e. The lowest BCUT2D eigenvalue weighted by Gasteiger charge is -2.32. The third-order valence-corrected chi connectivity index (χ3v) is 5.53. The molecular weight excluding hydrogens is 350 g/mol. The fourth-order valence-electron chi connectivity index (χ4n) is 3.08. The summed E-state index contributed by atoms with van der Waals surface area (Å²) >= 11 is 1.17. The summed E-state index contributed by atoms with van der Waals surface area (Å²) in [4.78, 5) is 31.4. The van der Waals surface area contributed by atoms with Gasteiger partial charge in [-0.1, -0.05) is 29.5 Å². The second-order valence-electron chi connectivity index (χ2n) is 6.24. The number of carbonyl (C=O) groups is 2. The average Bonchev–Trinajstić information content (AvgIpc) is 3.03. The van der Waals surface area contributed by atoms with Crippen LogP contribution in [0.2, 0.25) is 0 Å². The van der Waals surface area contributed by atoms with Gasteiger partial charge in [-0.2, -0.15) is 0 Å². The lowest BCUT2D eigenvalue weighted by molar-refractivity contribution is -0.120. The average molecular weight is 373 g/mol. The van der Waals surface area contributed by atoms with Crippen molar-refractivity contribution < 1.29 is 14.3 Å². The van der Waals surface area contributed by atoms with Crippen LogP contribution < -0.4 is 10.2 Å². The number of ether oxygens (including phenoxy) is 1. The van der Waals surface area contributed by atoms with Gasteiger partial charge in [-0.05, 0) is 38.8 Å². The number of carbonyl (C=O) groups excluding carboxylic acids is 2. The maximum absolute atomic E-state index is 12.5. The zero-order valence-corrected chi connectivity index (χ0v) is 15.8. The Balaban J connectivity index is 1.56. The van der Waals surface area contributed by atoms with E-state index in [1.54, 1.807) is 13.8 Å². The van der Waals surface area contributed by atoms with Gasteiger partial charge in [0.05, 0.1) is 12.3 Å². The molecule has 138 valence electrons. The number of nitrogens with one attached hydrogen (secondary N) is 1. The molecule has 2 heterocycles. The summed E-state index contributed by atoms with van der Waals surface area (Å²) in [6.45, 7) is 5.54. The van der Waals surface area contributed by atoms with E-state index in [1.807, 2.05) is 18.2 Å². The number of anilines is 2. The molecule has 0 radical (unpaired) electrons. The summed E-state index contributed by atoms with van der Waals surface area (Å²) in [5, 5.41) is 3.33. The molecule has 0 spiro atoms. The Hall–Kier alpha value is -2.41. The van der Waals surface area contributed by atoms with Gasteiger partial charge in [-0.3, -0.25) is 4.79 Å². The Kier molecular flexibility index (Phi) is 5.88. The summed E-state index contributed by atoms with van der Waals surface area (Å²) in [6, 6.07) is 10.2. The molecule has 1 aromatic heterocycles. The van der Waals surface area contributed by atoms with Crippen molar-refractivity contribution >= 4 is 34.0 Å². The maximum Gasteiger partial charge on any atom is 0.350 e. The molecule has 1 N–H and O–H groups in total. The molecule has 7 heteroatoms. The number of amides is 1. The van der Waals surface area contributed by atoms with Gasteiger partial charge in [0.25, 0.3) is 0 Å². The minimum absolute atomic E-state index is 0.0260. The third kappa shape index (κ3) is 4.22. The number of aryl methyl sites for hydroxylation is 1. The number of nitrogens with zero attached hydrogens (tertiary/aromatic N) is 2. The number of esters is 1. The minimum atomic E-state index is -0.390. The summed E-state index contributed by atoms with van der Waals surface area (Å²) in [5.41, 5.74) is 1.78. The summed E-state index contributed by atoms with van der Waals surface area (Å²) in [7, 11) is 0. The lowest BCUT2D eigenvalue weighted by atomic mass is 9.95. The van der Waals surface area contributed by atoms with Crippen molar-refractivity contribution in [3.8, 4) is 0 Å². The van der Waals surface area contributed by atoms with Crippen molar-refractivity contribution in [1.29, 1.82) is 0 Å². The Morgan fingerprint density at radius 2 is 1.96 bits per heavy atom. The van der Waals surface area contributed by atoms with Crippen molar-refractivity contribution in [3.63, 3.8) is 0 Å². The molecule has 2 aromatic rings. The molecule has 0 atom stereocenters. The van der Waals surface area contributed by atoms with Crippen molar-refractivity contribution in [2.75, 3.05) is 29.9 Å². The molecule has 6 nitrogen and oxygen atoms in total. The number of hydrogen-bond acceptors (Lipinski definition) is 6. The highest BCUT2D eigenvalue weighted by Gasteiger charge is 2.26. The zero-order valence-electron chi connectivity index (χ0n) is 15.0. The highest BCUT2D eigenvalue weighted by molar-refractivity contribution is 7.17. The summed E-state index contributed by atoms with van der Waals surface area (Å²) in [5.74, 6) is -0.453. The number of piperidine rings is 1. The van der Waals surface area contributed by atoms with Gasteiger partial charge in [0, 0.05) is 24.7 Å². The highest BCUT2D eigenvalue weighted by atomic mass is 32.1. The molecule has 1 saturated heterocycles. The van der Waals surface area contributed by atoms with E-state index in [9.17, 15) is 9.59 Å². The van der Waals surface area contributed by atoms with Crippen molar-refractivity contribution in [2.24, 2.45) is 5.92 Å². The van der Waals surface area contributed by atoms with E-state index < -0.39 is 0 Å². The van der Waals surface area contributed by atoms with Gasteiger partial charge in [-0.15, -0.1) is 0 Å². The second kappa shape index (κ2) is 8.31. The number of benzene rings is 1. The first-order chi connectivity index (χ1) is 12.6. The third-order valence-electron chi connectivity index (χ3n) is 4.47. The Morgan fingerprint density at radius 3 is 2.62 bits per heavy atom. The molecule has 1 aromatic carbocycles. The van der Waals surface area contributed by atoms with E-state index in [2.05, 4.69) is 27.3 Å². The molecule has 1 amide bonds. The molecule has 1 aliphatic rings. The van der Waals surface area contributed by atoms with Gasteiger partial charge in [0.15, 0.2) is 5.13 Å². The Labute approximate surface area is 157 Å². The van der Waals surface area contributed by atoms with Crippen LogP contribution in [-0.4, -0.2) is 36.6 Å². The van der Waals surface area contributed by atoms with E-state index in [4.69, 9.17) is 4.74 Å². The summed E-state index contributed by atoms with van der Waals surface area (Å²) in [6.07, 6.45) is 1.60. The van der Waals surface area contributed by atoms with Crippen molar-refractivity contribution in [2.45, 2.75) is 26.7 Å². The van der Waals surface area contributed by atoms with E-state index in [1.165, 1.54) is 17.0 Å². The number of aromatic nitrogens is 1. The molecule has 0 bridgehead atoms. The number of rotatable bonds is 5. The van der Waals surface area contributed by atoms with Crippen LogP contribution in [0.25, 0.3) is 0 Å². The van der Waals surface area contributed by atoms with Crippen LogP contribution in [0, 0.1) is 12.8 Å². The van der Waals surface area contributed by atoms with E-state index in [-0.39, 0.29) is 17.8 Å². The molecular formula is C19H23N3O3S. The van der Waals surface area contributed by atoms with E-state index >= 15 is 0 Å². The van der Waals surface area contributed by atoms with Crippen LogP contribution in [0.5, 0.6) is 0 Å². The maximum atomic E-state index is 12.5. The fourth-order valence-corrected chi connectivity index (χ4v) is 3.95. The molecule has 0 saturated carbocycles. The van der Waals surface area contributed by atoms with Crippen LogP contribution in [0.4, 0.5) is 10.8 Å². The fraction of sp³-hybridized carbons (Fsp3) is 0.421. The number of thiazole rings is 1. The van der Waals surface area contributed by atoms with Crippen LogP contribution in [-0.2, 0) is 9.53 Å². The van der Waals surface area contributed by atoms with Gasteiger partial charge in [0.2, 0.25) is 5.91 Å². The Bertz CT molecular complexity index is 768. The van der Waals surface area contributed by atoms with Crippen LogP contribution in [0.1, 0.15) is 35.1 Å². The molecule has 1 aliphatic heterocycles. The molecule has 0 unspecified atom stereocenters. The first-order valence-electron chi connectivity index (χ1n) is 8.84. The van der Waals surface area contributed by atoms with Crippen molar-refractivity contribution in [1.82, 2.24) is 4.98 Å². The smallest absolute Gasteiger partial charge is 0.350 e. The molecule has 0 aliphatic carbocycles. The molecule has 26 heavy (non-hydrogen) atoms. The van der Waals surface area contributed by atoms with Gasteiger partial charge in [-0.25, -0.2) is 9.78 Å². The Morgan fingerprint density at radius 1 is 1.27 bits per heavy atom. The number of hydrogen-bond donors (Lipinski definition) is 1. The zero-order chi connectivity index (χ0) is 18.5. The van der Waals surface area contributed by atoms with Gasteiger partial charge >= 0.3 is 5.97 Å². The second-order valence-corrected chi connectivity index (χ2v) is 7.24. The minimum Gasteiger partial charge on any atom is -0.462 e. The monoisotopic (exact) mass is 373 g/mol. The quantitative estimate of drug-likeness (QED) is 0.813. The first-order valence-corrected chi connectivity index (χ1v) is 9.65. The van der Waals surface area contributed by atoms with Crippen molar-refractivity contribution in [3.05, 3.63) is 40.9 Å². The number of para-hydroxylation sites is 1. The first kappa shape index (κ1) is 18.4. The normalized spacial score (nSPS) is 14.9. The van der Waals surface area contributed by atoms with Crippen LogP contribution in [0.3, 0.4) is 0 Å². The van der Waals surface area contributed by atoms with Crippen LogP contribution in [0.15, 0.2) is 30.3 Å². The predicted molar refractivity (Wildman–Crippen MR) is 103 cm³/mol. The summed E-state index contributed by atoms with van der Waals surface area (Å²) < 4.78 is 5.01. The highest BCUT2D eigenvalue weighted by Crippen LogP contribution is 2.27. The molecule has 3 rings (SSSR count). The van der Waals surface area contributed by atoms with E-state index in [0.29, 0.717) is 22.3 Å². The standard InChI is InChI=1S/C19H23N3O3S/c1-3-25-18(24)16-13(2)20-19(26-16)21-17(23)14-9-11-22(12-10-14)15-7-5-4-6-8-15/h4-8,14H,3,9-12H2,1-2H3,(H,20,21,23).